The summed E-state index contributed by atoms with van der Waals surface area (Å²) in [5.41, 5.74) is 2.54. The maximum atomic E-state index is 12.7. The number of hydrogen-bond acceptors (Lipinski definition) is 2. The molecule has 4 aliphatic carbocycles. The van der Waals surface area contributed by atoms with Gasteiger partial charge in [0.1, 0.15) is 6.10 Å². The highest BCUT2D eigenvalue weighted by atomic mass is 16.5. The van der Waals surface area contributed by atoms with E-state index >= 15 is 0 Å². The molecule has 4 rings (SSSR count). The van der Waals surface area contributed by atoms with Crippen LogP contribution in [0, 0.1) is 46.3 Å². The monoisotopic (exact) mass is 569 g/mol. The fourth-order valence-electron chi connectivity index (χ4n) is 10.6. The van der Waals surface area contributed by atoms with Crippen molar-refractivity contribution in [1.82, 2.24) is 0 Å². The summed E-state index contributed by atoms with van der Waals surface area (Å²) >= 11 is 0. The third-order valence-electron chi connectivity index (χ3n) is 13.0. The fraction of sp³-hybridized carbons (Fsp3) is 0.923. The molecule has 0 aliphatic heterocycles. The largest absolute Gasteiger partial charge is 0.462 e. The second-order valence-electron chi connectivity index (χ2n) is 16.2. The second kappa shape index (κ2) is 15.3. The molecule has 0 heterocycles. The molecule has 0 aromatic rings. The van der Waals surface area contributed by atoms with Gasteiger partial charge in [-0.2, -0.15) is 0 Å². The summed E-state index contributed by atoms with van der Waals surface area (Å²) in [5.74, 6) is 5.34. The lowest BCUT2D eigenvalue weighted by Crippen LogP contribution is -2.51. The normalized spacial score (nSPS) is 35.4. The first-order chi connectivity index (χ1) is 19.7. The van der Waals surface area contributed by atoms with Gasteiger partial charge in [-0.05, 0) is 97.7 Å². The molecule has 2 heteroatoms. The van der Waals surface area contributed by atoms with E-state index in [0.717, 1.165) is 54.8 Å². The molecule has 41 heavy (non-hydrogen) atoms. The molecule has 0 saturated heterocycles. The van der Waals surface area contributed by atoms with Crippen molar-refractivity contribution in [3.63, 3.8) is 0 Å². The number of unbranched alkanes of at least 4 members (excludes halogenated alkanes) is 8. The van der Waals surface area contributed by atoms with Crippen LogP contribution in [0.25, 0.3) is 0 Å². The first-order valence-electron chi connectivity index (χ1n) is 18.6. The number of carbonyl (C=O) groups is 1. The number of allylic oxidation sites excluding steroid dienone is 1. The Labute approximate surface area is 255 Å². The summed E-state index contributed by atoms with van der Waals surface area (Å²) in [6.45, 7) is 14.9. The van der Waals surface area contributed by atoms with E-state index in [-0.39, 0.29) is 12.1 Å². The van der Waals surface area contributed by atoms with Gasteiger partial charge in [0, 0.05) is 12.8 Å². The molecule has 0 bridgehead atoms. The number of hydrogen-bond donors (Lipinski definition) is 0. The van der Waals surface area contributed by atoms with Crippen LogP contribution in [0.15, 0.2) is 11.6 Å². The number of ether oxygens (including phenoxy) is 1. The highest BCUT2D eigenvalue weighted by molar-refractivity contribution is 5.69. The van der Waals surface area contributed by atoms with Gasteiger partial charge in [-0.1, -0.05) is 124 Å². The minimum absolute atomic E-state index is 0.0591. The van der Waals surface area contributed by atoms with Gasteiger partial charge in [0.05, 0.1) is 0 Å². The number of fused-ring (bicyclic) bond motifs is 5. The average molecular weight is 569 g/mol. The van der Waals surface area contributed by atoms with Crippen LogP contribution in [0.2, 0.25) is 0 Å². The minimum Gasteiger partial charge on any atom is -0.462 e. The predicted molar refractivity (Wildman–Crippen MR) is 175 cm³/mol. The van der Waals surface area contributed by atoms with Crippen molar-refractivity contribution in [3.8, 4) is 0 Å². The van der Waals surface area contributed by atoms with E-state index in [1.54, 1.807) is 5.57 Å². The van der Waals surface area contributed by atoms with E-state index < -0.39 is 0 Å². The summed E-state index contributed by atoms with van der Waals surface area (Å²) in [6, 6.07) is 0. The lowest BCUT2D eigenvalue weighted by molar-refractivity contribution is -0.151. The lowest BCUT2D eigenvalue weighted by Gasteiger charge is -2.58. The SMILES string of the molecule is CCCCCCCCCCCC(=O)OC1CC[C@@]2(C)C(=CC[C@H]3[C@@H]4CC[C@H]([C@H](C)CCCC(C)C)[C@@]4(C)CC[C@@H]32)C1. The Hall–Kier alpha value is -0.790. The third kappa shape index (κ3) is 8.03. The van der Waals surface area contributed by atoms with Crippen LogP contribution in [-0.4, -0.2) is 12.1 Å². The van der Waals surface area contributed by atoms with E-state index in [9.17, 15) is 4.79 Å². The molecule has 236 valence electrons. The summed E-state index contributed by atoms with van der Waals surface area (Å²) < 4.78 is 6.09. The van der Waals surface area contributed by atoms with Crippen molar-refractivity contribution in [2.24, 2.45) is 46.3 Å². The van der Waals surface area contributed by atoms with Crippen LogP contribution < -0.4 is 0 Å². The van der Waals surface area contributed by atoms with Crippen LogP contribution >= 0.6 is 0 Å². The van der Waals surface area contributed by atoms with Gasteiger partial charge in [-0.3, -0.25) is 4.79 Å². The molecule has 0 aromatic heterocycles. The molecular formula is C39H68O2. The van der Waals surface area contributed by atoms with Gasteiger partial charge in [-0.15, -0.1) is 0 Å². The molecule has 0 aromatic carbocycles. The zero-order valence-electron chi connectivity index (χ0n) is 28.3. The molecule has 0 spiro atoms. The molecule has 0 N–H and O–H groups in total. The number of rotatable bonds is 16. The maximum absolute atomic E-state index is 12.7. The Morgan fingerprint density at radius 1 is 0.854 bits per heavy atom. The molecule has 1 unspecified atom stereocenters. The van der Waals surface area contributed by atoms with Crippen LogP contribution in [-0.2, 0) is 9.53 Å². The van der Waals surface area contributed by atoms with E-state index in [1.807, 2.05) is 0 Å². The van der Waals surface area contributed by atoms with Crippen molar-refractivity contribution in [2.75, 3.05) is 0 Å². The van der Waals surface area contributed by atoms with Crippen LogP contribution in [0.1, 0.15) is 176 Å². The van der Waals surface area contributed by atoms with Crippen molar-refractivity contribution < 1.29 is 9.53 Å². The number of esters is 1. The van der Waals surface area contributed by atoms with E-state index in [4.69, 9.17) is 4.74 Å². The highest BCUT2D eigenvalue weighted by Gasteiger charge is 2.59. The molecule has 3 saturated carbocycles. The Balaban J connectivity index is 1.24. The first-order valence-corrected chi connectivity index (χ1v) is 18.6. The third-order valence-corrected chi connectivity index (χ3v) is 13.0. The molecule has 3 fully saturated rings. The van der Waals surface area contributed by atoms with Crippen LogP contribution in [0.5, 0.6) is 0 Å². The van der Waals surface area contributed by atoms with Crippen molar-refractivity contribution >= 4 is 5.97 Å². The van der Waals surface area contributed by atoms with E-state index in [1.165, 1.54) is 109 Å². The van der Waals surface area contributed by atoms with Gasteiger partial charge < -0.3 is 4.74 Å². The fourth-order valence-corrected chi connectivity index (χ4v) is 10.6. The first kappa shape index (κ1) is 33.1. The number of carbonyl (C=O) groups excluding carboxylic acids is 1. The Morgan fingerprint density at radius 2 is 1.56 bits per heavy atom. The van der Waals surface area contributed by atoms with Crippen LogP contribution in [0.4, 0.5) is 0 Å². The van der Waals surface area contributed by atoms with Crippen molar-refractivity contribution in [3.05, 3.63) is 11.6 Å². The lowest BCUT2D eigenvalue weighted by atomic mass is 9.47. The molecule has 2 nitrogen and oxygen atoms in total. The molecule has 0 radical (unpaired) electrons. The topological polar surface area (TPSA) is 26.3 Å². The maximum Gasteiger partial charge on any atom is 0.306 e. The van der Waals surface area contributed by atoms with Gasteiger partial charge >= 0.3 is 5.97 Å². The highest BCUT2D eigenvalue weighted by Crippen LogP contribution is 2.67. The Bertz CT molecular complexity index is 843. The second-order valence-corrected chi connectivity index (χ2v) is 16.2. The van der Waals surface area contributed by atoms with Crippen molar-refractivity contribution in [1.29, 1.82) is 0 Å². The van der Waals surface area contributed by atoms with Gasteiger partial charge in [0.25, 0.3) is 0 Å². The zero-order chi connectivity index (χ0) is 29.5. The predicted octanol–water partition coefficient (Wildman–Crippen LogP) is 11.9. The minimum atomic E-state index is 0.0591. The summed E-state index contributed by atoms with van der Waals surface area (Å²) in [4.78, 5) is 12.7. The standard InChI is InChI=1S/C39H68O2/c1-7-8-9-10-11-12-13-14-15-19-37(40)41-32-24-26-38(5)31(28-32)20-21-33-35-23-22-34(30(4)18-16-17-29(2)3)39(35,6)27-25-36(33)38/h20,29-30,32-36H,7-19,21-28H2,1-6H3/t30-,32?,33+,34-,35+,36+,38+,39-/m1/s1. The van der Waals surface area contributed by atoms with E-state index in [2.05, 4.69) is 47.6 Å². The zero-order valence-corrected chi connectivity index (χ0v) is 28.3. The molecule has 0 amide bonds. The van der Waals surface area contributed by atoms with Gasteiger partial charge in [0.2, 0.25) is 0 Å². The summed E-state index contributed by atoms with van der Waals surface area (Å²) in [5, 5.41) is 0. The molecule has 8 atom stereocenters. The van der Waals surface area contributed by atoms with Crippen molar-refractivity contribution in [2.45, 2.75) is 182 Å². The van der Waals surface area contributed by atoms with E-state index in [0.29, 0.717) is 17.3 Å². The van der Waals surface area contributed by atoms with Gasteiger partial charge in [0.15, 0.2) is 0 Å². The summed E-state index contributed by atoms with van der Waals surface area (Å²) in [7, 11) is 0. The smallest absolute Gasteiger partial charge is 0.306 e. The Kier molecular flexibility index (Phi) is 12.3. The average Bonchev–Trinajstić information content (AvgIpc) is 3.29. The summed E-state index contributed by atoms with van der Waals surface area (Å²) in [6.07, 6.45) is 29.6. The van der Waals surface area contributed by atoms with Crippen LogP contribution in [0.3, 0.4) is 0 Å². The Morgan fingerprint density at radius 3 is 2.27 bits per heavy atom. The molecular weight excluding hydrogens is 500 g/mol. The molecule has 4 aliphatic rings. The van der Waals surface area contributed by atoms with Gasteiger partial charge in [-0.25, -0.2) is 0 Å². The quantitative estimate of drug-likeness (QED) is 0.105.